The van der Waals surface area contributed by atoms with Crippen LogP contribution in [0.1, 0.15) is 47.1 Å². The van der Waals surface area contributed by atoms with E-state index in [0.717, 1.165) is 17.6 Å². The molecule has 0 aromatic heterocycles. The molecule has 0 atom stereocenters. The Hall–Kier alpha value is -3.80. The van der Waals surface area contributed by atoms with Crippen LogP contribution < -0.4 is 9.47 Å². The fourth-order valence-corrected chi connectivity index (χ4v) is 2.65. The Kier molecular flexibility index (Phi) is 7.80. The van der Waals surface area contributed by atoms with Gasteiger partial charge in [0.25, 0.3) is 0 Å². The van der Waals surface area contributed by atoms with Crippen molar-refractivity contribution < 1.29 is 29.3 Å². The molecule has 0 aliphatic rings. The average Bonchev–Trinajstić information content (AvgIpc) is 2.74. The monoisotopic (exact) mass is 422 g/mol. The summed E-state index contributed by atoms with van der Waals surface area (Å²) in [6, 6.07) is 17.3. The highest BCUT2D eigenvalue weighted by Crippen LogP contribution is 2.34. The molecular weight excluding hydrogens is 396 g/mol. The normalized spacial score (nSPS) is 10.5. The topological polar surface area (TPSA) is 93.1 Å². The number of aldehydes is 1. The summed E-state index contributed by atoms with van der Waals surface area (Å²) < 4.78 is 10.8. The first-order valence-electron chi connectivity index (χ1n) is 9.58. The number of esters is 1. The second-order valence-electron chi connectivity index (χ2n) is 7.76. The van der Waals surface area contributed by atoms with Crippen LogP contribution in [0.4, 0.5) is 0 Å². The third-order valence-electron chi connectivity index (χ3n) is 4.32. The predicted octanol–water partition coefficient (Wildman–Crippen LogP) is 5.12. The lowest BCUT2D eigenvalue weighted by Gasteiger charge is -2.22. The molecular formula is C25H26O6. The summed E-state index contributed by atoms with van der Waals surface area (Å²) >= 11 is 0. The third-order valence-corrected chi connectivity index (χ3v) is 4.32. The maximum atomic E-state index is 12.1. The van der Waals surface area contributed by atoms with Crippen molar-refractivity contribution in [2.24, 2.45) is 0 Å². The molecule has 0 fully saturated rings. The zero-order valence-electron chi connectivity index (χ0n) is 18.0. The molecule has 0 spiro atoms. The van der Waals surface area contributed by atoms with Crippen molar-refractivity contribution in [1.29, 1.82) is 0 Å². The van der Waals surface area contributed by atoms with E-state index in [0.29, 0.717) is 16.9 Å². The highest BCUT2D eigenvalue weighted by Gasteiger charge is 2.20. The molecule has 0 amide bonds. The van der Waals surface area contributed by atoms with Gasteiger partial charge in [0.1, 0.15) is 29.3 Å². The summed E-state index contributed by atoms with van der Waals surface area (Å²) in [7, 11) is 1.62. The van der Waals surface area contributed by atoms with Crippen LogP contribution in [0.15, 0.2) is 66.7 Å². The first-order valence-corrected chi connectivity index (χ1v) is 9.58. The van der Waals surface area contributed by atoms with E-state index < -0.39 is 5.97 Å². The first kappa shape index (κ1) is 23.5. The molecule has 6 heteroatoms. The van der Waals surface area contributed by atoms with E-state index in [9.17, 15) is 14.7 Å². The first-order chi connectivity index (χ1) is 14.6. The van der Waals surface area contributed by atoms with Crippen LogP contribution in [0.5, 0.6) is 23.0 Å². The van der Waals surface area contributed by atoms with Crippen molar-refractivity contribution in [2.45, 2.75) is 26.2 Å². The largest absolute Gasteiger partial charge is 0.508 e. The molecule has 6 nitrogen and oxygen atoms in total. The van der Waals surface area contributed by atoms with E-state index in [1.807, 2.05) is 6.07 Å². The maximum Gasteiger partial charge on any atom is 0.343 e. The van der Waals surface area contributed by atoms with Gasteiger partial charge in [0.15, 0.2) is 0 Å². The molecule has 0 aliphatic carbocycles. The molecule has 0 heterocycles. The minimum Gasteiger partial charge on any atom is -0.508 e. The predicted molar refractivity (Wildman–Crippen MR) is 118 cm³/mol. The summed E-state index contributed by atoms with van der Waals surface area (Å²) in [5, 5.41) is 18.0. The minimum atomic E-state index is -0.468. The van der Waals surface area contributed by atoms with Crippen LogP contribution in [0.3, 0.4) is 0 Å². The summed E-state index contributed by atoms with van der Waals surface area (Å²) in [4.78, 5) is 22.1. The summed E-state index contributed by atoms with van der Waals surface area (Å²) in [6.07, 6.45) is 0.736. The number of hydrogen-bond acceptors (Lipinski definition) is 6. The zero-order chi connectivity index (χ0) is 23.0. The number of carbonyl (C=O) groups is 2. The van der Waals surface area contributed by atoms with Crippen molar-refractivity contribution in [3.8, 4) is 23.0 Å². The fourth-order valence-electron chi connectivity index (χ4n) is 2.65. The molecule has 162 valence electrons. The number of aromatic hydroxyl groups is 2. The van der Waals surface area contributed by atoms with Gasteiger partial charge in [0.2, 0.25) is 0 Å². The van der Waals surface area contributed by atoms with Crippen LogP contribution in [-0.2, 0) is 5.41 Å². The number of benzene rings is 3. The molecule has 2 N–H and O–H groups in total. The van der Waals surface area contributed by atoms with Crippen LogP contribution in [0, 0.1) is 0 Å². The fraction of sp³-hybridized carbons (Fsp3) is 0.200. The van der Waals surface area contributed by atoms with Crippen molar-refractivity contribution in [1.82, 2.24) is 0 Å². The van der Waals surface area contributed by atoms with E-state index in [4.69, 9.17) is 14.6 Å². The molecule has 0 unspecified atom stereocenters. The van der Waals surface area contributed by atoms with Gasteiger partial charge >= 0.3 is 5.97 Å². The number of phenolic OH excluding ortho intramolecular Hbond substituents is 2. The zero-order valence-corrected chi connectivity index (χ0v) is 18.0. The lowest BCUT2D eigenvalue weighted by Crippen LogP contribution is -2.14. The van der Waals surface area contributed by atoms with Crippen LogP contribution in [-0.4, -0.2) is 29.6 Å². The number of rotatable bonds is 4. The second-order valence-corrected chi connectivity index (χ2v) is 7.76. The Morgan fingerprint density at radius 1 is 0.871 bits per heavy atom. The van der Waals surface area contributed by atoms with E-state index in [1.54, 1.807) is 31.4 Å². The Morgan fingerprint density at radius 2 is 1.42 bits per heavy atom. The van der Waals surface area contributed by atoms with Gasteiger partial charge in [-0.15, -0.1) is 0 Å². The number of methoxy groups -OCH3 is 1. The van der Waals surface area contributed by atoms with E-state index >= 15 is 0 Å². The highest BCUT2D eigenvalue weighted by atomic mass is 16.5. The lowest BCUT2D eigenvalue weighted by atomic mass is 9.86. The summed E-state index contributed by atoms with van der Waals surface area (Å²) in [5.41, 5.74) is 1.79. The Bertz CT molecular complexity index is 1020. The van der Waals surface area contributed by atoms with Crippen molar-refractivity contribution >= 4 is 12.3 Å². The molecule has 0 aliphatic heterocycles. The highest BCUT2D eigenvalue weighted by molar-refractivity contribution is 5.91. The van der Waals surface area contributed by atoms with Gasteiger partial charge < -0.3 is 19.7 Å². The molecule has 0 bridgehead atoms. The quantitative estimate of drug-likeness (QED) is 0.344. The van der Waals surface area contributed by atoms with Gasteiger partial charge in [-0.25, -0.2) is 4.79 Å². The van der Waals surface area contributed by atoms with Gasteiger partial charge in [0, 0.05) is 11.1 Å². The minimum absolute atomic E-state index is 0.107. The van der Waals surface area contributed by atoms with E-state index in [-0.39, 0.29) is 16.9 Å². The summed E-state index contributed by atoms with van der Waals surface area (Å²) in [5.74, 6) is 1.04. The van der Waals surface area contributed by atoms with E-state index in [1.165, 1.54) is 36.4 Å². The Balaban J connectivity index is 0.000000316. The van der Waals surface area contributed by atoms with Gasteiger partial charge in [0.05, 0.1) is 12.7 Å². The van der Waals surface area contributed by atoms with Crippen molar-refractivity contribution in [3.63, 3.8) is 0 Å². The molecule has 3 rings (SSSR count). The Labute approximate surface area is 181 Å². The van der Waals surface area contributed by atoms with Crippen molar-refractivity contribution in [2.75, 3.05) is 7.11 Å². The van der Waals surface area contributed by atoms with Crippen LogP contribution >= 0.6 is 0 Å². The molecule has 3 aromatic carbocycles. The average molecular weight is 422 g/mol. The SMILES string of the molecule is COc1ccc(OC(=O)c2ccc(O)cc2)cc1C(C)(C)C.O=Cc1ccc(O)cc1. The molecule has 3 aromatic rings. The van der Waals surface area contributed by atoms with Gasteiger partial charge in [-0.1, -0.05) is 20.8 Å². The molecule has 0 saturated heterocycles. The summed E-state index contributed by atoms with van der Waals surface area (Å²) in [6.45, 7) is 6.20. The van der Waals surface area contributed by atoms with Crippen LogP contribution in [0.2, 0.25) is 0 Å². The maximum absolute atomic E-state index is 12.1. The van der Waals surface area contributed by atoms with Gasteiger partial charge in [-0.3, -0.25) is 4.79 Å². The number of ether oxygens (including phenoxy) is 2. The Morgan fingerprint density at radius 3 is 1.90 bits per heavy atom. The van der Waals surface area contributed by atoms with Crippen molar-refractivity contribution in [3.05, 3.63) is 83.4 Å². The second kappa shape index (κ2) is 10.3. The molecule has 31 heavy (non-hydrogen) atoms. The molecule has 0 radical (unpaired) electrons. The van der Waals surface area contributed by atoms with Gasteiger partial charge in [-0.05, 0) is 72.1 Å². The number of carbonyl (C=O) groups excluding carboxylic acids is 2. The lowest BCUT2D eigenvalue weighted by molar-refractivity contribution is 0.0734. The smallest absolute Gasteiger partial charge is 0.343 e. The standard InChI is InChI=1S/C18H20O4.C7H6O2/c1-18(2,3)15-11-14(9-10-16(15)21-4)22-17(20)12-5-7-13(19)8-6-12;8-5-6-1-3-7(9)4-2-6/h5-11,19H,1-4H3;1-5,9H. The third kappa shape index (κ3) is 6.89. The number of phenols is 2. The van der Waals surface area contributed by atoms with Gasteiger partial charge in [-0.2, -0.15) is 0 Å². The van der Waals surface area contributed by atoms with E-state index in [2.05, 4.69) is 20.8 Å². The van der Waals surface area contributed by atoms with Crippen LogP contribution in [0.25, 0.3) is 0 Å². The molecule has 0 saturated carbocycles. The number of hydrogen-bond donors (Lipinski definition) is 2.